The molecule has 0 unspecified atom stereocenters. The molecule has 7 heteroatoms. The molecule has 0 atom stereocenters. The zero-order valence-electron chi connectivity index (χ0n) is 14.9. The van der Waals surface area contributed by atoms with Gasteiger partial charge in [-0.1, -0.05) is 18.2 Å². The van der Waals surface area contributed by atoms with Gasteiger partial charge in [-0.05, 0) is 24.3 Å². The first-order valence-electron chi connectivity index (χ1n) is 8.37. The van der Waals surface area contributed by atoms with Crippen molar-refractivity contribution in [2.75, 3.05) is 44.4 Å². The maximum absolute atomic E-state index is 12.8. The number of carbonyl (C=O) groups is 1. The zero-order chi connectivity index (χ0) is 18.7. The Hall–Kier alpha value is -2.54. The highest BCUT2D eigenvalue weighted by atomic mass is 32.2. The third-order valence-electron chi connectivity index (χ3n) is 4.50. The Bertz CT molecular complexity index is 903. The van der Waals surface area contributed by atoms with Gasteiger partial charge >= 0.3 is 0 Å². The maximum Gasteiger partial charge on any atom is 0.255 e. The van der Waals surface area contributed by atoms with Crippen molar-refractivity contribution in [2.45, 2.75) is 4.90 Å². The van der Waals surface area contributed by atoms with Gasteiger partial charge in [0.25, 0.3) is 5.91 Å². The molecule has 0 bridgehead atoms. The van der Waals surface area contributed by atoms with Gasteiger partial charge in [-0.15, -0.1) is 0 Å². The van der Waals surface area contributed by atoms with E-state index in [1.807, 2.05) is 24.3 Å². The first-order chi connectivity index (χ1) is 12.4. The molecule has 0 spiro atoms. The van der Waals surface area contributed by atoms with Crippen molar-refractivity contribution in [3.8, 4) is 5.75 Å². The van der Waals surface area contributed by atoms with Crippen LogP contribution in [-0.2, 0) is 9.84 Å². The van der Waals surface area contributed by atoms with Gasteiger partial charge in [0.15, 0.2) is 9.84 Å². The van der Waals surface area contributed by atoms with Crippen LogP contribution in [-0.4, -0.2) is 58.8 Å². The van der Waals surface area contributed by atoms with Gasteiger partial charge in [-0.25, -0.2) is 8.42 Å². The second-order valence-corrected chi connectivity index (χ2v) is 8.23. The number of sulfone groups is 1. The van der Waals surface area contributed by atoms with E-state index in [0.29, 0.717) is 26.2 Å². The number of benzene rings is 2. The lowest BCUT2D eigenvalue weighted by Crippen LogP contribution is -2.49. The summed E-state index contributed by atoms with van der Waals surface area (Å²) in [6, 6.07) is 14.2. The van der Waals surface area contributed by atoms with Crippen molar-refractivity contribution in [1.29, 1.82) is 0 Å². The summed E-state index contributed by atoms with van der Waals surface area (Å²) >= 11 is 0. The Morgan fingerprint density at radius 1 is 1.00 bits per heavy atom. The van der Waals surface area contributed by atoms with E-state index >= 15 is 0 Å². The van der Waals surface area contributed by atoms with E-state index < -0.39 is 9.84 Å². The van der Waals surface area contributed by atoms with Gasteiger partial charge < -0.3 is 14.5 Å². The molecule has 0 saturated carbocycles. The van der Waals surface area contributed by atoms with Crippen LogP contribution in [0.25, 0.3) is 0 Å². The number of hydrogen-bond donors (Lipinski definition) is 0. The standard InChI is InChI=1S/C19H22N2O4S/c1-25-16-7-5-6-15(14-16)20-10-12-21(13-11-20)19(22)17-8-3-4-9-18(17)26(2,23)24/h3-9,14H,10-13H2,1-2H3. The first-order valence-corrected chi connectivity index (χ1v) is 10.3. The van der Waals surface area contributed by atoms with Gasteiger partial charge in [-0.2, -0.15) is 0 Å². The van der Waals surface area contributed by atoms with Crippen LogP contribution >= 0.6 is 0 Å². The molecular weight excluding hydrogens is 352 g/mol. The normalized spacial score (nSPS) is 15.0. The smallest absolute Gasteiger partial charge is 0.255 e. The molecule has 2 aromatic rings. The number of rotatable bonds is 4. The third-order valence-corrected chi connectivity index (χ3v) is 5.66. The number of hydrogen-bond acceptors (Lipinski definition) is 5. The number of methoxy groups -OCH3 is 1. The molecule has 2 aromatic carbocycles. The minimum atomic E-state index is -3.45. The van der Waals surface area contributed by atoms with Crippen LogP contribution in [0.15, 0.2) is 53.4 Å². The fourth-order valence-electron chi connectivity index (χ4n) is 3.11. The van der Waals surface area contributed by atoms with E-state index in [0.717, 1.165) is 17.7 Å². The Kier molecular flexibility index (Phi) is 5.18. The molecular formula is C19H22N2O4S. The quantitative estimate of drug-likeness (QED) is 0.820. The predicted octanol–water partition coefficient (Wildman–Crippen LogP) is 2.06. The SMILES string of the molecule is COc1cccc(N2CCN(C(=O)c3ccccc3S(C)(=O)=O)CC2)c1. The molecule has 26 heavy (non-hydrogen) atoms. The molecule has 0 N–H and O–H groups in total. The Balaban J connectivity index is 1.73. The number of amides is 1. The van der Waals surface area contributed by atoms with E-state index in [4.69, 9.17) is 4.74 Å². The third kappa shape index (κ3) is 3.83. The average molecular weight is 374 g/mol. The highest BCUT2D eigenvalue weighted by Gasteiger charge is 2.26. The largest absolute Gasteiger partial charge is 0.497 e. The van der Waals surface area contributed by atoms with Crippen molar-refractivity contribution in [3.63, 3.8) is 0 Å². The summed E-state index contributed by atoms with van der Waals surface area (Å²) < 4.78 is 29.2. The lowest BCUT2D eigenvalue weighted by atomic mass is 10.1. The Morgan fingerprint density at radius 2 is 1.69 bits per heavy atom. The molecule has 6 nitrogen and oxygen atoms in total. The van der Waals surface area contributed by atoms with Gasteiger partial charge in [0.1, 0.15) is 5.75 Å². The van der Waals surface area contributed by atoms with Crippen LogP contribution in [0.4, 0.5) is 5.69 Å². The highest BCUT2D eigenvalue weighted by Crippen LogP contribution is 2.23. The molecule has 1 fully saturated rings. The summed E-state index contributed by atoms with van der Waals surface area (Å²) in [7, 11) is -1.82. The van der Waals surface area contributed by atoms with Gasteiger partial charge in [-0.3, -0.25) is 4.79 Å². The fraction of sp³-hybridized carbons (Fsp3) is 0.316. The molecule has 138 valence electrons. The van der Waals surface area contributed by atoms with Crippen molar-refractivity contribution in [1.82, 2.24) is 4.90 Å². The van der Waals surface area contributed by atoms with Crippen LogP contribution in [0.2, 0.25) is 0 Å². The summed E-state index contributed by atoms with van der Waals surface area (Å²) in [6.45, 7) is 2.43. The molecule has 1 heterocycles. The fourth-order valence-corrected chi connectivity index (χ4v) is 3.99. The number of carbonyl (C=O) groups excluding carboxylic acids is 1. The lowest BCUT2D eigenvalue weighted by Gasteiger charge is -2.36. The van der Waals surface area contributed by atoms with Gasteiger partial charge in [0, 0.05) is 44.2 Å². The molecule has 1 aliphatic rings. The van der Waals surface area contributed by atoms with E-state index in [9.17, 15) is 13.2 Å². The summed E-state index contributed by atoms with van der Waals surface area (Å²) in [5.74, 6) is 0.555. The highest BCUT2D eigenvalue weighted by molar-refractivity contribution is 7.90. The van der Waals surface area contributed by atoms with Crippen molar-refractivity contribution >= 4 is 21.4 Å². The topological polar surface area (TPSA) is 66.9 Å². The van der Waals surface area contributed by atoms with Crippen LogP contribution < -0.4 is 9.64 Å². The number of ether oxygens (including phenoxy) is 1. The van der Waals surface area contributed by atoms with E-state index in [2.05, 4.69) is 4.90 Å². The molecule has 1 saturated heterocycles. The maximum atomic E-state index is 12.8. The predicted molar refractivity (Wildman–Crippen MR) is 101 cm³/mol. The second kappa shape index (κ2) is 7.37. The molecule has 3 rings (SSSR count). The van der Waals surface area contributed by atoms with Crippen molar-refractivity contribution in [3.05, 3.63) is 54.1 Å². The van der Waals surface area contributed by atoms with Crippen molar-refractivity contribution < 1.29 is 17.9 Å². The summed E-state index contributed by atoms with van der Waals surface area (Å²) in [5, 5.41) is 0. The average Bonchev–Trinajstić information content (AvgIpc) is 2.67. The van der Waals surface area contributed by atoms with Crippen molar-refractivity contribution in [2.24, 2.45) is 0 Å². The minimum Gasteiger partial charge on any atom is -0.497 e. The van der Waals surface area contributed by atoms with Crippen LogP contribution in [0, 0.1) is 0 Å². The Morgan fingerprint density at radius 3 is 2.35 bits per heavy atom. The monoisotopic (exact) mass is 374 g/mol. The molecule has 0 radical (unpaired) electrons. The van der Waals surface area contributed by atoms with E-state index in [1.54, 1.807) is 30.2 Å². The lowest BCUT2D eigenvalue weighted by molar-refractivity contribution is 0.0743. The van der Waals surface area contributed by atoms with Crippen LogP contribution in [0.5, 0.6) is 5.75 Å². The van der Waals surface area contributed by atoms with Gasteiger partial charge in [0.2, 0.25) is 0 Å². The first kappa shape index (κ1) is 18.3. The zero-order valence-corrected chi connectivity index (χ0v) is 15.7. The van der Waals surface area contributed by atoms with E-state index in [-0.39, 0.29) is 16.4 Å². The molecule has 1 amide bonds. The number of piperazine rings is 1. The molecule has 0 aromatic heterocycles. The van der Waals surface area contributed by atoms with Gasteiger partial charge in [0.05, 0.1) is 17.6 Å². The number of nitrogens with zero attached hydrogens (tertiary/aromatic N) is 2. The molecule has 1 aliphatic heterocycles. The summed E-state index contributed by atoms with van der Waals surface area (Å²) in [6.07, 6.45) is 1.12. The summed E-state index contributed by atoms with van der Waals surface area (Å²) in [5.41, 5.74) is 1.29. The van der Waals surface area contributed by atoms with E-state index in [1.165, 1.54) is 6.07 Å². The number of anilines is 1. The van der Waals surface area contributed by atoms with Crippen LogP contribution in [0.1, 0.15) is 10.4 Å². The second-order valence-electron chi connectivity index (χ2n) is 6.25. The Labute approximate surface area is 153 Å². The minimum absolute atomic E-state index is 0.0835. The summed E-state index contributed by atoms with van der Waals surface area (Å²) in [4.78, 5) is 16.8. The molecule has 0 aliphatic carbocycles. The van der Waals surface area contributed by atoms with Crippen LogP contribution in [0.3, 0.4) is 0 Å².